The number of rotatable bonds is 6. The SMILES string of the molecule is CC(C)NC(=O)c1cccc(NCc2nnc(-c3ccncn3)n2C)c1. The van der Waals surface area contributed by atoms with Gasteiger partial charge in [-0.3, -0.25) is 4.79 Å². The average molecular weight is 351 g/mol. The summed E-state index contributed by atoms with van der Waals surface area (Å²) >= 11 is 0. The molecule has 3 aromatic rings. The minimum absolute atomic E-state index is 0.0895. The first-order valence-electron chi connectivity index (χ1n) is 8.34. The van der Waals surface area contributed by atoms with E-state index in [1.807, 2.05) is 43.7 Å². The molecule has 2 aromatic heterocycles. The van der Waals surface area contributed by atoms with Gasteiger partial charge in [-0.05, 0) is 38.1 Å². The van der Waals surface area contributed by atoms with Gasteiger partial charge in [0.05, 0.1) is 6.54 Å². The minimum Gasteiger partial charge on any atom is -0.378 e. The lowest BCUT2D eigenvalue weighted by Gasteiger charge is -2.10. The van der Waals surface area contributed by atoms with Gasteiger partial charge >= 0.3 is 0 Å². The van der Waals surface area contributed by atoms with Crippen LogP contribution in [0.2, 0.25) is 0 Å². The van der Waals surface area contributed by atoms with Crippen LogP contribution >= 0.6 is 0 Å². The Kier molecular flexibility index (Phi) is 5.21. The van der Waals surface area contributed by atoms with Crippen molar-refractivity contribution in [1.29, 1.82) is 0 Å². The van der Waals surface area contributed by atoms with Gasteiger partial charge in [-0.1, -0.05) is 6.07 Å². The summed E-state index contributed by atoms with van der Waals surface area (Å²) in [6.45, 7) is 4.34. The Hall–Kier alpha value is -3.29. The third-order valence-electron chi connectivity index (χ3n) is 3.77. The van der Waals surface area contributed by atoms with Crippen molar-refractivity contribution in [2.24, 2.45) is 7.05 Å². The molecule has 0 aliphatic heterocycles. The van der Waals surface area contributed by atoms with Gasteiger partial charge in [0.1, 0.15) is 12.0 Å². The van der Waals surface area contributed by atoms with Crippen LogP contribution in [0.4, 0.5) is 5.69 Å². The van der Waals surface area contributed by atoms with Crippen LogP contribution in [-0.2, 0) is 13.6 Å². The molecule has 2 heterocycles. The summed E-state index contributed by atoms with van der Waals surface area (Å²) < 4.78 is 1.88. The monoisotopic (exact) mass is 351 g/mol. The molecular weight excluding hydrogens is 330 g/mol. The van der Waals surface area contributed by atoms with Crippen LogP contribution in [0.1, 0.15) is 30.0 Å². The van der Waals surface area contributed by atoms with E-state index in [1.54, 1.807) is 18.3 Å². The second-order valence-electron chi connectivity index (χ2n) is 6.16. The topological polar surface area (TPSA) is 97.6 Å². The van der Waals surface area contributed by atoms with E-state index < -0.39 is 0 Å². The molecule has 0 unspecified atom stereocenters. The van der Waals surface area contributed by atoms with Crippen molar-refractivity contribution < 1.29 is 4.79 Å². The van der Waals surface area contributed by atoms with E-state index >= 15 is 0 Å². The predicted octanol–water partition coefficient (Wildman–Crippen LogP) is 2.02. The maximum atomic E-state index is 12.1. The fourth-order valence-electron chi connectivity index (χ4n) is 2.46. The van der Waals surface area contributed by atoms with E-state index in [2.05, 4.69) is 30.8 Å². The Morgan fingerprint density at radius 3 is 2.81 bits per heavy atom. The standard InChI is InChI=1S/C18H21N7O/c1-12(2)22-18(26)13-5-4-6-14(9-13)20-10-16-23-24-17(25(16)3)15-7-8-19-11-21-15/h4-9,11-12,20H,10H2,1-3H3,(H,22,26). The van der Waals surface area contributed by atoms with Crippen molar-refractivity contribution in [3.8, 4) is 11.5 Å². The number of hydrogen-bond donors (Lipinski definition) is 2. The van der Waals surface area contributed by atoms with Gasteiger partial charge in [-0.2, -0.15) is 0 Å². The van der Waals surface area contributed by atoms with Crippen molar-refractivity contribution in [1.82, 2.24) is 30.0 Å². The molecule has 3 rings (SSSR count). The van der Waals surface area contributed by atoms with Crippen molar-refractivity contribution in [2.45, 2.75) is 26.4 Å². The maximum absolute atomic E-state index is 12.1. The van der Waals surface area contributed by atoms with Gasteiger partial charge in [0.25, 0.3) is 5.91 Å². The fraction of sp³-hybridized carbons (Fsp3) is 0.278. The van der Waals surface area contributed by atoms with Gasteiger partial charge in [0, 0.05) is 30.5 Å². The van der Waals surface area contributed by atoms with E-state index in [-0.39, 0.29) is 11.9 Å². The van der Waals surface area contributed by atoms with Crippen molar-refractivity contribution >= 4 is 11.6 Å². The molecule has 0 atom stereocenters. The van der Waals surface area contributed by atoms with Crippen molar-refractivity contribution in [2.75, 3.05) is 5.32 Å². The Labute approximate surface area is 151 Å². The zero-order valence-electron chi connectivity index (χ0n) is 15.0. The number of amides is 1. The molecule has 0 saturated carbocycles. The summed E-state index contributed by atoms with van der Waals surface area (Å²) in [5.41, 5.74) is 2.17. The summed E-state index contributed by atoms with van der Waals surface area (Å²) in [6, 6.07) is 9.25. The van der Waals surface area contributed by atoms with Crippen LogP contribution in [-0.4, -0.2) is 36.7 Å². The van der Waals surface area contributed by atoms with E-state index in [4.69, 9.17) is 0 Å². The number of hydrogen-bond acceptors (Lipinski definition) is 6. The second-order valence-corrected chi connectivity index (χ2v) is 6.16. The summed E-state index contributed by atoms with van der Waals surface area (Å²) in [5, 5.41) is 14.6. The van der Waals surface area contributed by atoms with Crippen LogP contribution in [0, 0.1) is 0 Å². The lowest BCUT2D eigenvalue weighted by Crippen LogP contribution is -2.30. The van der Waals surface area contributed by atoms with Crippen LogP contribution in [0.15, 0.2) is 42.9 Å². The third kappa shape index (κ3) is 4.02. The average Bonchev–Trinajstić information content (AvgIpc) is 3.01. The highest BCUT2D eigenvalue weighted by Gasteiger charge is 2.12. The number of carbonyl (C=O) groups is 1. The van der Waals surface area contributed by atoms with Gasteiger partial charge in [-0.25, -0.2) is 9.97 Å². The van der Waals surface area contributed by atoms with Crippen LogP contribution in [0.3, 0.4) is 0 Å². The Morgan fingerprint density at radius 2 is 2.08 bits per heavy atom. The Balaban J connectivity index is 1.70. The fourth-order valence-corrected chi connectivity index (χ4v) is 2.46. The first-order valence-corrected chi connectivity index (χ1v) is 8.34. The predicted molar refractivity (Wildman–Crippen MR) is 98.4 cm³/mol. The molecule has 1 amide bonds. The zero-order valence-corrected chi connectivity index (χ0v) is 15.0. The molecule has 8 nitrogen and oxygen atoms in total. The summed E-state index contributed by atoms with van der Waals surface area (Å²) in [7, 11) is 1.89. The molecule has 0 fully saturated rings. The first kappa shape index (κ1) is 17.5. The number of aromatic nitrogens is 5. The number of carbonyl (C=O) groups excluding carboxylic acids is 1. The van der Waals surface area contributed by atoms with E-state index in [0.29, 0.717) is 23.6 Å². The van der Waals surface area contributed by atoms with Gasteiger partial charge < -0.3 is 15.2 Å². The van der Waals surface area contributed by atoms with Gasteiger partial charge in [0.15, 0.2) is 11.6 Å². The molecule has 26 heavy (non-hydrogen) atoms. The van der Waals surface area contributed by atoms with E-state index in [1.165, 1.54) is 6.33 Å². The molecule has 0 spiro atoms. The molecule has 0 radical (unpaired) electrons. The number of nitrogens with zero attached hydrogens (tertiary/aromatic N) is 5. The van der Waals surface area contributed by atoms with Crippen LogP contribution < -0.4 is 10.6 Å². The van der Waals surface area contributed by atoms with Gasteiger partial charge in [0.2, 0.25) is 0 Å². The van der Waals surface area contributed by atoms with Crippen molar-refractivity contribution in [3.63, 3.8) is 0 Å². The molecule has 2 N–H and O–H groups in total. The Morgan fingerprint density at radius 1 is 1.23 bits per heavy atom. The van der Waals surface area contributed by atoms with E-state index in [0.717, 1.165) is 11.5 Å². The quantitative estimate of drug-likeness (QED) is 0.705. The summed E-state index contributed by atoms with van der Waals surface area (Å²) in [4.78, 5) is 20.2. The van der Waals surface area contributed by atoms with E-state index in [9.17, 15) is 4.79 Å². The number of nitrogens with one attached hydrogen (secondary N) is 2. The molecular formula is C18H21N7O. The Bertz CT molecular complexity index is 890. The third-order valence-corrected chi connectivity index (χ3v) is 3.77. The lowest BCUT2D eigenvalue weighted by molar-refractivity contribution is 0.0943. The molecule has 0 saturated heterocycles. The molecule has 1 aromatic carbocycles. The van der Waals surface area contributed by atoms with Crippen LogP contribution in [0.25, 0.3) is 11.5 Å². The molecule has 8 heteroatoms. The lowest BCUT2D eigenvalue weighted by atomic mass is 10.2. The molecule has 0 aliphatic rings. The zero-order chi connectivity index (χ0) is 18.5. The molecule has 0 aliphatic carbocycles. The highest BCUT2D eigenvalue weighted by molar-refractivity contribution is 5.95. The maximum Gasteiger partial charge on any atom is 0.251 e. The minimum atomic E-state index is -0.0895. The highest BCUT2D eigenvalue weighted by atomic mass is 16.1. The van der Waals surface area contributed by atoms with Crippen molar-refractivity contribution in [3.05, 3.63) is 54.2 Å². The normalized spacial score (nSPS) is 10.8. The number of benzene rings is 1. The smallest absolute Gasteiger partial charge is 0.251 e. The van der Waals surface area contributed by atoms with Gasteiger partial charge in [-0.15, -0.1) is 10.2 Å². The largest absolute Gasteiger partial charge is 0.378 e. The molecule has 134 valence electrons. The summed E-state index contributed by atoms with van der Waals surface area (Å²) in [6.07, 6.45) is 3.15. The number of anilines is 1. The summed E-state index contributed by atoms with van der Waals surface area (Å²) in [5.74, 6) is 1.35. The first-order chi connectivity index (χ1) is 12.5. The second kappa shape index (κ2) is 7.73. The highest BCUT2D eigenvalue weighted by Crippen LogP contribution is 2.15. The van der Waals surface area contributed by atoms with Crippen LogP contribution in [0.5, 0.6) is 0 Å². The molecule has 0 bridgehead atoms.